The maximum atomic E-state index is 5.49. The molecule has 1 atom stereocenters. The standard InChI is InChI=1S/C20H29N5OS/c1-15-12-22-20(27-15)24-19-11-17(14-25-5-7-26-8-6-25)10-18(23-19)9-16-3-2-4-21-13-16/h10-12,16,21H,2-9,13-14H2,1H3,(H,22,23,24). The highest BCUT2D eigenvalue weighted by molar-refractivity contribution is 7.15. The number of piperidine rings is 1. The normalized spacial score (nSPS) is 21.3. The number of aromatic nitrogens is 2. The summed E-state index contributed by atoms with van der Waals surface area (Å²) in [6, 6.07) is 4.47. The summed E-state index contributed by atoms with van der Waals surface area (Å²) in [5.74, 6) is 1.59. The number of hydrogen-bond donors (Lipinski definition) is 2. The van der Waals surface area contributed by atoms with Crippen molar-refractivity contribution in [2.45, 2.75) is 32.7 Å². The predicted molar refractivity (Wildman–Crippen MR) is 110 cm³/mol. The van der Waals surface area contributed by atoms with Crippen LogP contribution in [0.2, 0.25) is 0 Å². The Hall–Kier alpha value is -1.54. The third-order valence-electron chi connectivity index (χ3n) is 5.20. The van der Waals surface area contributed by atoms with Gasteiger partial charge in [-0.1, -0.05) is 0 Å². The summed E-state index contributed by atoms with van der Waals surface area (Å²) in [5, 5.41) is 7.85. The first-order valence-corrected chi connectivity index (χ1v) is 10.8. The molecule has 0 spiro atoms. The van der Waals surface area contributed by atoms with E-state index in [1.807, 2.05) is 6.20 Å². The monoisotopic (exact) mass is 387 g/mol. The van der Waals surface area contributed by atoms with E-state index in [9.17, 15) is 0 Å². The third-order valence-corrected chi connectivity index (χ3v) is 6.03. The molecule has 0 bridgehead atoms. The first kappa shape index (κ1) is 18.8. The minimum Gasteiger partial charge on any atom is -0.379 e. The van der Waals surface area contributed by atoms with Crippen molar-refractivity contribution in [3.05, 3.63) is 34.5 Å². The second kappa shape index (κ2) is 9.10. The fourth-order valence-electron chi connectivity index (χ4n) is 3.84. The van der Waals surface area contributed by atoms with Crippen LogP contribution in [-0.2, 0) is 17.7 Å². The molecule has 2 aromatic rings. The molecule has 1 unspecified atom stereocenters. The molecule has 2 aliphatic heterocycles. The summed E-state index contributed by atoms with van der Waals surface area (Å²) in [7, 11) is 0. The summed E-state index contributed by atoms with van der Waals surface area (Å²) in [6.07, 6.45) is 5.49. The third kappa shape index (κ3) is 5.48. The molecule has 4 rings (SSSR count). The van der Waals surface area contributed by atoms with Crippen LogP contribution >= 0.6 is 11.3 Å². The zero-order valence-corrected chi connectivity index (χ0v) is 16.9. The Morgan fingerprint density at radius 3 is 2.96 bits per heavy atom. The maximum Gasteiger partial charge on any atom is 0.188 e. The summed E-state index contributed by atoms with van der Waals surface area (Å²) >= 11 is 1.67. The van der Waals surface area contributed by atoms with Gasteiger partial charge in [-0.15, -0.1) is 11.3 Å². The smallest absolute Gasteiger partial charge is 0.188 e. The van der Waals surface area contributed by atoms with Crippen molar-refractivity contribution < 1.29 is 4.74 Å². The highest BCUT2D eigenvalue weighted by Gasteiger charge is 2.17. The largest absolute Gasteiger partial charge is 0.379 e. The van der Waals surface area contributed by atoms with Gasteiger partial charge in [0.15, 0.2) is 5.13 Å². The number of hydrogen-bond acceptors (Lipinski definition) is 7. The van der Waals surface area contributed by atoms with Crippen LogP contribution < -0.4 is 10.6 Å². The number of aryl methyl sites for hydroxylation is 1. The van der Waals surface area contributed by atoms with Crippen molar-refractivity contribution in [3.63, 3.8) is 0 Å². The van der Waals surface area contributed by atoms with Gasteiger partial charge in [0.2, 0.25) is 0 Å². The molecule has 0 aromatic carbocycles. The van der Waals surface area contributed by atoms with E-state index in [1.54, 1.807) is 11.3 Å². The molecule has 2 fully saturated rings. The van der Waals surface area contributed by atoms with Crippen molar-refractivity contribution in [2.75, 3.05) is 44.7 Å². The zero-order chi connectivity index (χ0) is 18.5. The van der Waals surface area contributed by atoms with Crippen LogP contribution in [0.15, 0.2) is 18.3 Å². The van der Waals surface area contributed by atoms with E-state index >= 15 is 0 Å². The van der Waals surface area contributed by atoms with Crippen LogP contribution in [0.25, 0.3) is 0 Å². The second-order valence-electron chi connectivity index (χ2n) is 7.56. The van der Waals surface area contributed by atoms with Crippen LogP contribution in [0.4, 0.5) is 10.9 Å². The Labute approximate surface area is 165 Å². The molecule has 0 aliphatic carbocycles. The average Bonchev–Trinajstić information content (AvgIpc) is 3.08. The lowest BCUT2D eigenvalue weighted by atomic mass is 9.94. The van der Waals surface area contributed by atoms with Crippen LogP contribution in [0.1, 0.15) is 29.0 Å². The lowest BCUT2D eigenvalue weighted by molar-refractivity contribution is 0.0342. The number of ether oxygens (including phenoxy) is 1. The fraction of sp³-hybridized carbons (Fsp3) is 0.600. The first-order valence-electron chi connectivity index (χ1n) is 9.95. The van der Waals surface area contributed by atoms with Crippen LogP contribution in [-0.4, -0.2) is 54.3 Å². The lowest BCUT2D eigenvalue weighted by Gasteiger charge is -2.27. The van der Waals surface area contributed by atoms with Gasteiger partial charge < -0.3 is 15.4 Å². The van der Waals surface area contributed by atoms with Crippen molar-refractivity contribution in [1.82, 2.24) is 20.2 Å². The number of anilines is 2. The van der Waals surface area contributed by atoms with Crippen molar-refractivity contribution >= 4 is 22.3 Å². The van der Waals surface area contributed by atoms with Crippen LogP contribution in [0.3, 0.4) is 0 Å². The summed E-state index contributed by atoms with van der Waals surface area (Å²) < 4.78 is 5.49. The Bertz CT molecular complexity index is 699. The van der Waals surface area contributed by atoms with Gasteiger partial charge in [-0.05, 0) is 62.9 Å². The van der Waals surface area contributed by atoms with E-state index < -0.39 is 0 Å². The van der Waals surface area contributed by atoms with E-state index in [1.165, 1.54) is 29.0 Å². The Kier molecular flexibility index (Phi) is 6.34. The van der Waals surface area contributed by atoms with Gasteiger partial charge >= 0.3 is 0 Å². The molecule has 0 amide bonds. The number of thiazole rings is 1. The highest BCUT2D eigenvalue weighted by Crippen LogP contribution is 2.24. The molecule has 2 aromatic heterocycles. The topological polar surface area (TPSA) is 62.3 Å². The highest BCUT2D eigenvalue weighted by atomic mass is 32.1. The molecular weight excluding hydrogens is 358 g/mol. The van der Waals surface area contributed by atoms with E-state index in [0.717, 1.165) is 63.3 Å². The summed E-state index contributed by atoms with van der Waals surface area (Å²) in [5.41, 5.74) is 2.51. The molecule has 2 N–H and O–H groups in total. The zero-order valence-electron chi connectivity index (χ0n) is 16.0. The molecule has 6 nitrogen and oxygen atoms in total. The number of pyridine rings is 1. The van der Waals surface area contributed by atoms with E-state index in [-0.39, 0.29) is 0 Å². The van der Waals surface area contributed by atoms with Gasteiger partial charge in [-0.3, -0.25) is 4.90 Å². The number of nitrogens with zero attached hydrogens (tertiary/aromatic N) is 3. The molecule has 27 heavy (non-hydrogen) atoms. The van der Waals surface area contributed by atoms with Gasteiger partial charge in [-0.25, -0.2) is 9.97 Å². The fourth-order valence-corrected chi connectivity index (χ4v) is 4.52. The Balaban J connectivity index is 1.52. The number of nitrogens with one attached hydrogen (secondary N) is 2. The van der Waals surface area contributed by atoms with Gasteiger partial charge in [0, 0.05) is 36.4 Å². The van der Waals surface area contributed by atoms with Crippen molar-refractivity contribution in [3.8, 4) is 0 Å². The SMILES string of the molecule is Cc1cnc(Nc2cc(CN3CCOCC3)cc(CC3CCCNC3)n2)s1. The quantitative estimate of drug-likeness (QED) is 0.795. The average molecular weight is 388 g/mol. The second-order valence-corrected chi connectivity index (χ2v) is 8.79. The minimum atomic E-state index is 0.680. The van der Waals surface area contributed by atoms with E-state index in [4.69, 9.17) is 9.72 Å². The first-order chi connectivity index (χ1) is 13.2. The van der Waals surface area contributed by atoms with Gasteiger partial charge in [0.25, 0.3) is 0 Å². The Morgan fingerprint density at radius 2 is 2.22 bits per heavy atom. The minimum absolute atomic E-state index is 0.680. The number of rotatable bonds is 6. The predicted octanol–water partition coefficient (Wildman–Crippen LogP) is 2.96. The molecule has 2 aliphatic rings. The van der Waals surface area contributed by atoms with E-state index in [0.29, 0.717) is 5.92 Å². The molecular formula is C20H29N5OS. The van der Waals surface area contributed by atoms with E-state index in [2.05, 4.69) is 39.6 Å². The van der Waals surface area contributed by atoms with Crippen molar-refractivity contribution in [2.24, 2.45) is 5.92 Å². The molecule has 2 saturated heterocycles. The molecule has 4 heterocycles. The van der Waals surface area contributed by atoms with Gasteiger partial charge in [0.1, 0.15) is 5.82 Å². The number of morpholine rings is 1. The van der Waals surface area contributed by atoms with Gasteiger partial charge in [-0.2, -0.15) is 0 Å². The van der Waals surface area contributed by atoms with Crippen LogP contribution in [0, 0.1) is 12.8 Å². The lowest BCUT2D eigenvalue weighted by Crippen LogP contribution is -2.35. The molecule has 146 valence electrons. The maximum absolute atomic E-state index is 5.49. The molecule has 0 saturated carbocycles. The van der Waals surface area contributed by atoms with Gasteiger partial charge in [0.05, 0.1) is 13.2 Å². The summed E-state index contributed by atoms with van der Waals surface area (Å²) in [4.78, 5) is 13.0. The Morgan fingerprint density at radius 1 is 1.33 bits per heavy atom. The molecule has 0 radical (unpaired) electrons. The molecule has 7 heteroatoms. The van der Waals surface area contributed by atoms with Crippen LogP contribution in [0.5, 0.6) is 0 Å². The summed E-state index contributed by atoms with van der Waals surface area (Å²) in [6.45, 7) is 8.93. The van der Waals surface area contributed by atoms with Crippen molar-refractivity contribution in [1.29, 1.82) is 0 Å².